The molecule has 3 rings (SSSR count). The van der Waals surface area contributed by atoms with E-state index in [0.717, 1.165) is 11.1 Å². The third-order valence-electron chi connectivity index (χ3n) is 4.53. The molecule has 0 heterocycles. The van der Waals surface area contributed by atoms with E-state index in [9.17, 15) is 9.59 Å². The molecule has 0 aliphatic heterocycles. The Kier molecular flexibility index (Phi) is 6.72. The van der Waals surface area contributed by atoms with Gasteiger partial charge in [-0.2, -0.15) is 5.10 Å². The van der Waals surface area contributed by atoms with Gasteiger partial charge in [-0.1, -0.05) is 48.5 Å². The number of hydrazone groups is 1. The van der Waals surface area contributed by atoms with Crippen molar-refractivity contribution in [2.75, 3.05) is 13.2 Å². The number of ether oxygens (including phenoxy) is 2. The Morgan fingerprint density at radius 2 is 1.60 bits per heavy atom. The van der Waals surface area contributed by atoms with Crippen LogP contribution in [0, 0.1) is 0 Å². The Hall–Kier alpha value is -3.35. The van der Waals surface area contributed by atoms with Crippen LogP contribution in [0.1, 0.15) is 44.2 Å². The van der Waals surface area contributed by atoms with Gasteiger partial charge in [0, 0.05) is 25.1 Å². The first kappa shape index (κ1) is 21.4. The van der Waals surface area contributed by atoms with Gasteiger partial charge in [0.15, 0.2) is 0 Å². The molecule has 2 aromatic rings. The van der Waals surface area contributed by atoms with E-state index in [1.54, 1.807) is 20.8 Å². The number of amides is 2. The predicted molar refractivity (Wildman–Crippen MR) is 116 cm³/mol. The van der Waals surface area contributed by atoms with Crippen molar-refractivity contribution in [2.45, 2.75) is 38.7 Å². The molecule has 1 aliphatic rings. The van der Waals surface area contributed by atoms with Gasteiger partial charge in [0.1, 0.15) is 12.2 Å². The van der Waals surface area contributed by atoms with Gasteiger partial charge in [0.25, 0.3) is 0 Å². The number of carbonyl (C=O) groups excluding carboxylic acids is 2. The van der Waals surface area contributed by atoms with E-state index in [1.165, 1.54) is 17.3 Å². The Morgan fingerprint density at radius 3 is 2.20 bits per heavy atom. The topological polar surface area (TPSA) is 89.0 Å². The van der Waals surface area contributed by atoms with E-state index in [4.69, 9.17) is 9.47 Å². The highest BCUT2D eigenvalue weighted by molar-refractivity contribution is 5.79. The van der Waals surface area contributed by atoms with E-state index in [0.29, 0.717) is 13.0 Å². The van der Waals surface area contributed by atoms with Crippen molar-refractivity contribution in [3.8, 4) is 11.1 Å². The summed E-state index contributed by atoms with van der Waals surface area (Å²) in [6.07, 6.45) is 0.843. The van der Waals surface area contributed by atoms with Gasteiger partial charge in [0.05, 0.1) is 0 Å². The SMILES string of the molecule is CC(C)(C)OC(=O)NCC/C=N\NC(=O)OCC1c2ccccc2-c2ccccc21. The van der Waals surface area contributed by atoms with E-state index < -0.39 is 17.8 Å². The number of alkyl carbamates (subject to hydrolysis) is 1. The lowest BCUT2D eigenvalue weighted by molar-refractivity contribution is 0.0529. The Balaban J connectivity index is 1.42. The van der Waals surface area contributed by atoms with Gasteiger partial charge < -0.3 is 14.8 Å². The molecule has 2 aromatic carbocycles. The minimum Gasteiger partial charge on any atom is -0.447 e. The third-order valence-corrected chi connectivity index (χ3v) is 4.53. The highest BCUT2D eigenvalue weighted by atomic mass is 16.6. The van der Waals surface area contributed by atoms with Crippen LogP contribution in [-0.4, -0.2) is 37.2 Å². The molecule has 2 amide bonds. The lowest BCUT2D eigenvalue weighted by Crippen LogP contribution is -2.33. The molecule has 7 nitrogen and oxygen atoms in total. The molecule has 1 aliphatic carbocycles. The predicted octanol–water partition coefficient (Wildman–Crippen LogP) is 4.43. The molecule has 0 saturated carbocycles. The van der Waals surface area contributed by atoms with Crippen molar-refractivity contribution in [3.63, 3.8) is 0 Å². The van der Waals surface area contributed by atoms with E-state index in [-0.39, 0.29) is 12.5 Å². The van der Waals surface area contributed by atoms with Crippen LogP contribution in [0.15, 0.2) is 53.6 Å². The number of rotatable bonds is 6. The normalized spacial score (nSPS) is 12.9. The molecule has 0 unspecified atom stereocenters. The van der Waals surface area contributed by atoms with Crippen molar-refractivity contribution >= 4 is 18.4 Å². The van der Waals surface area contributed by atoms with Gasteiger partial charge >= 0.3 is 12.2 Å². The fourth-order valence-electron chi connectivity index (χ4n) is 3.35. The standard InChI is InChI=1S/C23H27N3O4/c1-23(2,3)30-21(27)24-13-8-14-25-26-22(28)29-15-20-18-11-6-4-9-16(18)17-10-5-7-12-19(17)20/h4-7,9-12,14,20H,8,13,15H2,1-3H3,(H,24,27)(H,26,28)/b25-14-. The third kappa shape index (κ3) is 5.59. The van der Waals surface area contributed by atoms with Crippen molar-refractivity contribution in [1.29, 1.82) is 0 Å². The van der Waals surface area contributed by atoms with Gasteiger partial charge in [-0.05, 0) is 43.0 Å². The molecule has 0 saturated heterocycles. The molecule has 0 fully saturated rings. The Labute approximate surface area is 176 Å². The van der Waals surface area contributed by atoms with Gasteiger partial charge in [-0.15, -0.1) is 0 Å². The van der Waals surface area contributed by atoms with Crippen LogP contribution in [0.2, 0.25) is 0 Å². The van der Waals surface area contributed by atoms with Gasteiger partial charge in [0.2, 0.25) is 0 Å². The monoisotopic (exact) mass is 409 g/mol. The molecule has 0 spiro atoms. The first-order valence-electron chi connectivity index (χ1n) is 9.94. The van der Waals surface area contributed by atoms with E-state index in [2.05, 4.69) is 40.1 Å². The zero-order chi connectivity index (χ0) is 21.6. The molecule has 158 valence electrons. The average molecular weight is 409 g/mol. The molecule has 0 radical (unpaired) electrons. The van der Waals surface area contributed by atoms with Crippen LogP contribution < -0.4 is 10.7 Å². The summed E-state index contributed by atoms with van der Waals surface area (Å²) in [6, 6.07) is 16.3. The second kappa shape index (κ2) is 9.43. The first-order valence-corrected chi connectivity index (χ1v) is 9.94. The smallest absolute Gasteiger partial charge is 0.427 e. The van der Waals surface area contributed by atoms with E-state index >= 15 is 0 Å². The van der Waals surface area contributed by atoms with Crippen molar-refractivity contribution in [1.82, 2.24) is 10.7 Å². The summed E-state index contributed by atoms with van der Waals surface area (Å²) in [5.74, 6) is 0.00478. The fourth-order valence-corrected chi connectivity index (χ4v) is 3.35. The number of hydrogen-bond donors (Lipinski definition) is 2. The number of nitrogens with zero attached hydrogens (tertiary/aromatic N) is 1. The number of nitrogens with one attached hydrogen (secondary N) is 2. The summed E-state index contributed by atoms with van der Waals surface area (Å²) in [4.78, 5) is 23.5. The average Bonchev–Trinajstić information content (AvgIpc) is 3.01. The van der Waals surface area contributed by atoms with Gasteiger partial charge in [-0.3, -0.25) is 0 Å². The van der Waals surface area contributed by atoms with Crippen LogP contribution in [0.4, 0.5) is 9.59 Å². The summed E-state index contributed by atoms with van der Waals surface area (Å²) in [6.45, 7) is 5.98. The quantitative estimate of drug-likeness (QED) is 0.420. The molecule has 7 heteroatoms. The minimum absolute atomic E-state index is 0.00478. The molecular formula is C23H27N3O4. The van der Waals surface area contributed by atoms with Crippen LogP contribution in [-0.2, 0) is 9.47 Å². The number of hydrogen-bond acceptors (Lipinski definition) is 5. The summed E-state index contributed by atoms with van der Waals surface area (Å²) in [5, 5.41) is 6.45. The lowest BCUT2D eigenvalue weighted by atomic mass is 9.98. The Morgan fingerprint density at radius 1 is 1.00 bits per heavy atom. The molecule has 0 aromatic heterocycles. The zero-order valence-electron chi connectivity index (χ0n) is 17.5. The second-order valence-electron chi connectivity index (χ2n) is 7.97. The second-order valence-corrected chi connectivity index (χ2v) is 7.97. The van der Waals surface area contributed by atoms with Crippen molar-refractivity contribution in [3.05, 3.63) is 59.7 Å². The van der Waals surface area contributed by atoms with Crippen molar-refractivity contribution < 1.29 is 19.1 Å². The number of benzene rings is 2. The maximum absolute atomic E-state index is 12.0. The summed E-state index contributed by atoms with van der Waals surface area (Å²) < 4.78 is 10.5. The van der Waals surface area contributed by atoms with Crippen molar-refractivity contribution in [2.24, 2.45) is 5.10 Å². The molecule has 30 heavy (non-hydrogen) atoms. The molecule has 0 bridgehead atoms. The molecular weight excluding hydrogens is 382 g/mol. The summed E-state index contributed by atoms with van der Waals surface area (Å²) in [5.41, 5.74) is 6.48. The Bertz CT molecular complexity index is 889. The van der Waals surface area contributed by atoms with Crippen LogP contribution >= 0.6 is 0 Å². The maximum atomic E-state index is 12.0. The molecule has 2 N–H and O–H groups in total. The van der Waals surface area contributed by atoms with Crippen LogP contribution in [0.3, 0.4) is 0 Å². The zero-order valence-corrected chi connectivity index (χ0v) is 17.5. The lowest BCUT2D eigenvalue weighted by Gasteiger charge is -2.19. The minimum atomic E-state index is -0.617. The maximum Gasteiger partial charge on any atom is 0.427 e. The first-order chi connectivity index (χ1) is 14.3. The summed E-state index contributed by atoms with van der Waals surface area (Å²) in [7, 11) is 0. The molecule has 0 atom stereocenters. The fraction of sp³-hybridized carbons (Fsp3) is 0.348. The van der Waals surface area contributed by atoms with Crippen LogP contribution in [0.25, 0.3) is 11.1 Å². The van der Waals surface area contributed by atoms with Crippen LogP contribution in [0.5, 0.6) is 0 Å². The van der Waals surface area contributed by atoms with E-state index in [1.807, 2.05) is 24.3 Å². The number of fused-ring (bicyclic) bond motifs is 3. The largest absolute Gasteiger partial charge is 0.447 e. The van der Waals surface area contributed by atoms with Gasteiger partial charge in [-0.25, -0.2) is 15.0 Å². The number of carbonyl (C=O) groups is 2. The highest BCUT2D eigenvalue weighted by Gasteiger charge is 2.28. The summed E-state index contributed by atoms with van der Waals surface area (Å²) >= 11 is 0. The highest BCUT2D eigenvalue weighted by Crippen LogP contribution is 2.44.